The molecule has 0 aromatic heterocycles. The van der Waals surface area contributed by atoms with E-state index in [0.717, 1.165) is 24.5 Å². The fourth-order valence-electron chi connectivity index (χ4n) is 2.92. The van der Waals surface area contributed by atoms with Gasteiger partial charge in [0.1, 0.15) is 0 Å². The number of likely N-dealkylation sites (tertiary alicyclic amines) is 1. The quantitative estimate of drug-likeness (QED) is 0.657. The van der Waals surface area contributed by atoms with Crippen molar-refractivity contribution in [1.82, 2.24) is 15.1 Å². The molecule has 3 rings (SSSR count). The topological polar surface area (TPSA) is 69.7 Å². The summed E-state index contributed by atoms with van der Waals surface area (Å²) in [7, 11) is 0. The standard InChI is InChI=1S/C15H17N3O3/c19-13-14(20)18(15(21)16-13)12-6-8-17(9-7-12)10-11-4-2-1-3-5-11/h1-5,12H,6-10H2,(H,16,19,21). The summed E-state index contributed by atoms with van der Waals surface area (Å²) in [6.45, 7) is 2.49. The number of rotatable bonds is 3. The van der Waals surface area contributed by atoms with E-state index >= 15 is 0 Å². The molecule has 2 fully saturated rings. The van der Waals surface area contributed by atoms with Gasteiger partial charge < -0.3 is 0 Å². The average molecular weight is 287 g/mol. The Balaban J connectivity index is 1.57. The van der Waals surface area contributed by atoms with Gasteiger partial charge in [0.05, 0.1) is 0 Å². The lowest BCUT2D eigenvalue weighted by atomic mass is 10.0. The zero-order chi connectivity index (χ0) is 14.8. The monoisotopic (exact) mass is 287 g/mol. The summed E-state index contributed by atoms with van der Waals surface area (Å²) in [5.41, 5.74) is 1.25. The largest absolute Gasteiger partial charge is 0.331 e. The molecule has 4 amide bonds. The highest BCUT2D eigenvalue weighted by Gasteiger charge is 2.42. The van der Waals surface area contributed by atoms with Crippen molar-refractivity contribution in [2.75, 3.05) is 13.1 Å². The van der Waals surface area contributed by atoms with E-state index in [1.165, 1.54) is 5.56 Å². The number of piperidine rings is 1. The molecule has 0 radical (unpaired) electrons. The van der Waals surface area contributed by atoms with Gasteiger partial charge in [0, 0.05) is 25.7 Å². The first kappa shape index (κ1) is 13.8. The molecule has 1 aromatic carbocycles. The van der Waals surface area contributed by atoms with Crippen molar-refractivity contribution in [2.45, 2.75) is 25.4 Å². The highest BCUT2D eigenvalue weighted by atomic mass is 16.2. The van der Waals surface area contributed by atoms with Gasteiger partial charge in [-0.25, -0.2) is 4.79 Å². The van der Waals surface area contributed by atoms with Crippen molar-refractivity contribution < 1.29 is 14.4 Å². The maximum Gasteiger partial charge on any atom is 0.331 e. The molecule has 6 nitrogen and oxygen atoms in total. The van der Waals surface area contributed by atoms with E-state index in [1.54, 1.807) is 0 Å². The number of hydrogen-bond acceptors (Lipinski definition) is 4. The van der Waals surface area contributed by atoms with Gasteiger partial charge in [-0.05, 0) is 18.4 Å². The van der Waals surface area contributed by atoms with Crippen LogP contribution in [0, 0.1) is 0 Å². The van der Waals surface area contributed by atoms with Gasteiger partial charge in [-0.15, -0.1) is 0 Å². The predicted octanol–water partition coefficient (Wildman–Crippen LogP) is 0.729. The third-order valence-corrected chi connectivity index (χ3v) is 4.02. The lowest BCUT2D eigenvalue weighted by molar-refractivity contribution is -0.141. The zero-order valence-electron chi connectivity index (χ0n) is 11.6. The Morgan fingerprint density at radius 3 is 2.29 bits per heavy atom. The van der Waals surface area contributed by atoms with Crippen LogP contribution < -0.4 is 5.32 Å². The molecule has 0 atom stereocenters. The highest BCUT2D eigenvalue weighted by Crippen LogP contribution is 2.20. The molecule has 2 aliphatic rings. The van der Waals surface area contributed by atoms with Crippen molar-refractivity contribution in [1.29, 1.82) is 0 Å². The Bertz CT molecular complexity index is 565. The van der Waals surface area contributed by atoms with Gasteiger partial charge >= 0.3 is 17.8 Å². The number of nitrogens with one attached hydrogen (secondary N) is 1. The van der Waals surface area contributed by atoms with Crippen LogP contribution in [0.5, 0.6) is 0 Å². The Morgan fingerprint density at radius 1 is 1.05 bits per heavy atom. The maximum absolute atomic E-state index is 11.7. The van der Waals surface area contributed by atoms with Crippen LogP contribution in [-0.2, 0) is 16.1 Å². The van der Waals surface area contributed by atoms with Crippen LogP contribution in [-0.4, -0.2) is 46.8 Å². The minimum Gasteiger partial charge on any atom is -0.299 e. The average Bonchev–Trinajstić information content (AvgIpc) is 2.74. The molecule has 21 heavy (non-hydrogen) atoms. The van der Waals surface area contributed by atoms with E-state index in [4.69, 9.17) is 0 Å². The lowest BCUT2D eigenvalue weighted by Crippen LogP contribution is -2.47. The van der Waals surface area contributed by atoms with Crippen molar-refractivity contribution in [3.8, 4) is 0 Å². The second kappa shape index (κ2) is 5.65. The molecule has 0 unspecified atom stereocenters. The van der Waals surface area contributed by atoms with E-state index < -0.39 is 17.8 Å². The summed E-state index contributed by atoms with van der Waals surface area (Å²) >= 11 is 0. The van der Waals surface area contributed by atoms with Gasteiger partial charge in [-0.2, -0.15) is 0 Å². The summed E-state index contributed by atoms with van der Waals surface area (Å²) < 4.78 is 0. The summed E-state index contributed by atoms with van der Waals surface area (Å²) in [4.78, 5) is 37.9. The summed E-state index contributed by atoms with van der Waals surface area (Å²) in [6, 6.07) is 9.44. The van der Waals surface area contributed by atoms with Gasteiger partial charge in [0.25, 0.3) is 0 Å². The third-order valence-electron chi connectivity index (χ3n) is 4.02. The molecule has 0 saturated carbocycles. The zero-order valence-corrected chi connectivity index (χ0v) is 11.6. The Morgan fingerprint density at radius 2 is 1.71 bits per heavy atom. The molecule has 2 aliphatic heterocycles. The number of urea groups is 1. The number of carbonyl (C=O) groups excluding carboxylic acids is 3. The number of imide groups is 2. The van der Waals surface area contributed by atoms with Crippen molar-refractivity contribution in [3.63, 3.8) is 0 Å². The SMILES string of the molecule is O=C1NC(=O)N(C2CCN(Cc3ccccc3)CC2)C1=O. The number of amides is 4. The van der Waals surface area contributed by atoms with Crippen molar-refractivity contribution >= 4 is 17.8 Å². The maximum atomic E-state index is 11.7. The van der Waals surface area contributed by atoms with Crippen LogP contribution in [0.3, 0.4) is 0 Å². The van der Waals surface area contributed by atoms with E-state index in [9.17, 15) is 14.4 Å². The minimum atomic E-state index is -0.813. The molecule has 1 aromatic rings. The van der Waals surface area contributed by atoms with Crippen LogP contribution in [0.4, 0.5) is 4.79 Å². The first-order valence-electron chi connectivity index (χ1n) is 7.10. The van der Waals surface area contributed by atoms with E-state index in [-0.39, 0.29) is 6.04 Å². The van der Waals surface area contributed by atoms with Crippen molar-refractivity contribution in [2.24, 2.45) is 0 Å². The Hall–Kier alpha value is -2.21. The van der Waals surface area contributed by atoms with E-state index in [2.05, 4.69) is 17.0 Å². The van der Waals surface area contributed by atoms with Gasteiger partial charge in [-0.3, -0.25) is 24.7 Å². The summed E-state index contributed by atoms with van der Waals surface area (Å²) in [5.74, 6) is -1.53. The second-order valence-corrected chi connectivity index (χ2v) is 5.43. The number of hydrogen-bond donors (Lipinski definition) is 1. The smallest absolute Gasteiger partial charge is 0.299 e. The molecule has 6 heteroatoms. The van der Waals surface area contributed by atoms with Crippen LogP contribution in [0.25, 0.3) is 0 Å². The van der Waals surface area contributed by atoms with Crippen LogP contribution in [0.15, 0.2) is 30.3 Å². The predicted molar refractivity (Wildman–Crippen MR) is 75.1 cm³/mol. The summed E-state index contributed by atoms with van der Waals surface area (Å²) in [5, 5.41) is 2.05. The van der Waals surface area contributed by atoms with E-state index in [0.29, 0.717) is 12.8 Å². The summed E-state index contributed by atoms with van der Waals surface area (Å²) in [6.07, 6.45) is 1.42. The Labute approximate surface area is 122 Å². The molecular weight excluding hydrogens is 270 g/mol. The van der Waals surface area contributed by atoms with Crippen LogP contribution in [0.2, 0.25) is 0 Å². The molecule has 0 aliphatic carbocycles. The molecule has 110 valence electrons. The highest BCUT2D eigenvalue weighted by molar-refractivity contribution is 6.44. The second-order valence-electron chi connectivity index (χ2n) is 5.43. The van der Waals surface area contributed by atoms with Crippen LogP contribution in [0.1, 0.15) is 18.4 Å². The Kier molecular flexibility index (Phi) is 3.70. The molecular formula is C15H17N3O3. The molecule has 0 bridgehead atoms. The van der Waals surface area contributed by atoms with Crippen LogP contribution >= 0.6 is 0 Å². The molecule has 0 spiro atoms. The lowest BCUT2D eigenvalue weighted by Gasteiger charge is -2.34. The normalized spacial score (nSPS) is 21.0. The molecule has 1 N–H and O–H groups in total. The molecule has 2 saturated heterocycles. The number of carbonyl (C=O) groups is 3. The fourth-order valence-corrected chi connectivity index (χ4v) is 2.92. The van der Waals surface area contributed by atoms with Gasteiger partial charge in [-0.1, -0.05) is 30.3 Å². The number of nitrogens with zero attached hydrogens (tertiary/aromatic N) is 2. The third kappa shape index (κ3) is 2.80. The number of benzene rings is 1. The van der Waals surface area contributed by atoms with Gasteiger partial charge in [0.2, 0.25) is 0 Å². The first-order chi connectivity index (χ1) is 10.1. The van der Waals surface area contributed by atoms with E-state index in [1.807, 2.05) is 23.5 Å². The minimum absolute atomic E-state index is 0.170. The molecule has 2 heterocycles. The van der Waals surface area contributed by atoms with Crippen molar-refractivity contribution in [3.05, 3.63) is 35.9 Å². The first-order valence-corrected chi connectivity index (χ1v) is 7.10. The van der Waals surface area contributed by atoms with Gasteiger partial charge in [0.15, 0.2) is 0 Å². The fraction of sp³-hybridized carbons (Fsp3) is 0.400.